The van der Waals surface area contributed by atoms with Gasteiger partial charge in [-0.05, 0) is 42.3 Å². The molecule has 4 rings (SSSR count). The summed E-state index contributed by atoms with van der Waals surface area (Å²) in [4.78, 5) is 31.7. The van der Waals surface area contributed by atoms with E-state index in [4.69, 9.17) is 5.11 Å². The number of Topliss-reactive ketones (excluding diaryl/α,β-unsaturated/α-hetero) is 1. The van der Waals surface area contributed by atoms with Crippen LogP contribution in [0, 0.1) is 11.6 Å². The highest BCUT2D eigenvalue weighted by molar-refractivity contribution is 6.33. The highest BCUT2D eigenvalue weighted by atomic mass is 19.1. The first kappa shape index (κ1) is 21.9. The van der Waals surface area contributed by atoms with Crippen molar-refractivity contribution in [2.75, 3.05) is 0 Å². The number of aryl methyl sites for hydroxylation is 1. The van der Waals surface area contributed by atoms with Crippen LogP contribution in [0.15, 0.2) is 66.7 Å². The quantitative estimate of drug-likeness (QED) is 0.206. The number of carboxylic acid groups (broad SMARTS) is 1. The summed E-state index contributed by atoms with van der Waals surface area (Å²) in [5, 5.41) is 19.9. The number of benzene rings is 3. The van der Waals surface area contributed by atoms with Crippen molar-refractivity contribution in [2.45, 2.75) is 12.8 Å². The number of hydrogen-bond donors (Lipinski definition) is 3. The van der Waals surface area contributed by atoms with Crippen LogP contribution >= 0.6 is 0 Å². The molecule has 3 N–H and O–H groups in total. The van der Waals surface area contributed by atoms with Crippen molar-refractivity contribution in [3.63, 3.8) is 0 Å². The number of rotatable bonds is 7. The molecule has 166 valence electrons. The number of aromatic nitrogens is 2. The standard InChI is InChI=1S/C25H18F2N2O4/c26-17-11-16(12-18(27)13-17)24(33)22(25-28-19-6-1-2-7-20(19)29-25)23(32)15-5-3-4-14(10-15)8-9-21(30)31/h1-7,10-13,33H,8-9H2,(H,28,29)(H,30,31). The maximum atomic E-state index is 13.8. The Bertz CT molecular complexity index is 1360. The zero-order valence-corrected chi connectivity index (χ0v) is 17.2. The number of halogens is 2. The largest absolute Gasteiger partial charge is 0.506 e. The number of carbonyl (C=O) groups excluding carboxylic acids is 1. The summed E-state index contributed by atoms with van der Waals surface area (Å²) >= 11 is 0. The molecule has 0 atom stereocenters. The van der Waals surface area contributed by atoms with Gasteiger partial charge in [0.15, 0.2) is 0 Å². The SMILES string of the molecule is O=C(O)CCc1cccc(C(=O)C(=C(O)c2cc(F)cc(F)c2)c2nc3ccccc3[nH]2)c1. The zero-order chi connectivity index (χ0) is 23.5. The third-order valence-electron chi connectivity index (χ3n) is 5.04. The third kappa shape index (κ3) is 4.79. The number of ketones is 1. The summed E-state index contributed by atoms with van der Waals surface area (Å²) in [6.07, 6.45) is 0.0962. The first-order valence-corrected chi connectivity index (χ1v) is 10.0. The van der Waals surface area contributed by atoms with Gasteiger partial charge >= 0.3 is 5.97 Å². The van der Waals surface area contributed by atoms with Crippen LogP contribution < -0.4 is 0 Å². The fourth-order valence-electron chi connectivity index (χ4n) is 3.50. The summed E-state index contributed by atoms with van der Waals surface area (Å²) in [7, 11) is 0. The maximum Gasteiger partial charge on any atom is 0.303 e. The summed E-state index contributed by atoms with van der Waals surface area (Å²) in [6.45, 7) is 0. The molecule has 8 heteroatoms. The van der Waals surface area contributed by atoms with Gasteiger partial charge in [0.25, 0.3) is 0 Å². The lowest BCUT2D eigenvalue weighted by molar-refractivity contribution is -0.136. The molecule has 0 unspecified atom stereocenters. The molecular weight excluding hydrogens is 430 g/mol. The minimum absolute atomic E-state index is 0.0271. The molecule has 3 aromatic carbocycles. The first-order valence-electron chi connectivity index (χ1n) is 10.0. The number of fused-ring (bicyclic) bond motifs is 1. The summed E-state index contributed by atoms with van der Waals surface area (Å²) in [5.74, 6) is -4.06. The van der Waals surface area contributed by atoms with Crippen LogP contribution in [0.2, 0.25) is 0 Å². The summed E-state index contributed by atoms with van der Waals surface area (Å²) < 4.78 is 27.6. The maximum absolute atomic E-state index is 13.8. The fourth-order valence-corrected chi connectivity index (χ4v) is 3.50. The van der Waals surface area contributed by atoms with Crippen LogP contribution in [0.4, 0.5) is 8.78 Å². The minimum atomic E-state index is -0.972. The number of nitrogens with zero attached hydrogens (tertiary/aromatic N) is 1. The Morgan fingerprint density at radius 1 is 0.879 bits per heavy atom. The van der Waals surface area contributed by atoms with Gasteiger partial charge in [-0.3, -0.25) is 9.59 Å². The Morgan fingerprint density at radius 2 is 1.61 bits per heavy atom. The van der Waals surface area contributed by atoms with Crippen molar-refractivity contribution in [3.05, 3.63) is 101 Å². The van der Waals surface area contributed by atoms with Crippen LogP contribution in [0.1, 0.15) is 33.7 Å². The van der Waals surface area contributed by atoms with Gasteiger partial charge < -0.3 is 15.2 Å². The molecule has 0 fully saturated rings. The lowest BCUT2D eigenvalue weighted by atomic mass is 9.96. The summed E-state index contributed by atoms with van der Waals surface area (Å²) in [6, 6.07) is 15.8. The van der Waals surface area contributed by atoms with E-state index in [0.29, 0.717) is 22.7 Å². The molecule has 4 aromatic rings. The van der Waals surface area contributed by atoms with Gasteiger partial charge in [-0.25, -0.2) is 13.8 Å². The molecule has 6 nitrogen and oxygen atoms in total. The zero-order valence-electron chi connectivity index (χ0n) is 17.2. The van der Waals surface area contributed by atoms with Crippen molar-refractivity contribution < 1.29 is 28.6 Å². The van der Waals surface area contributed by atoms with Crippen LogP contribution in [0.25, 0.3) is 22.4 Å². The second-order valence-corrected chi connectivity index (χ2v) is 7.41. The van der Waals surface area contributed by atoms with Gasteiger partial charge in [-0.15, -0.1) is 0 Å². The lowest BCUT2D eigenvalue weighted by Gasteiger charge is -2.10. The molecule has 33 heavy (non-hydrogen) atoms. The number of carboxylic acids is 1. The highest BCUT2D eigenvalue weighted by Crippen LogP contribution is 2.29. The number of aliphatic hydroxyl groups is 1. The predicted octanol–water partition coefficient (Wildman–Crippen LogP) is 5.17. The van der Waals surface area contributed by atoms with Gasteiger partial charge in [-0.1, -0.05) is 30.3 Å². The van der Waals surface area contributed by atoms with E-state index in [1.807, 2.05) is 0 Å². The molecule has 0 aliphatic heterocycles. The van der Waals surface area contributed by atoms with E-state index in [1.54, 1.807) is 36.4 Å². The first-order chi connectivity index (χ1) is 15.8. The number of carbonyl (C=O) groups is 2. The number of allylic oxidation sites excluding steroid dienone is 1. The topological polar surface area (TPSA) is 103 Å². The van der Waals surface area contributed by atoms with Crippen LogP contribution in [-0.2, 0) is 11.2 Å². The lowest BCUT2D eigenvalue weighted by Crippen LogP contribution is -2.08. The molecule has 0 bridgehead atoms. The molecule has 0 aliphatic rings. The van der Waals surface area contributed by atoms with Crippen molar-refractivity contribution in [1.82, 2.24) is 9.97 Å². The summed E-state index contributed by atoms with van der Waals surface area (Å²) in [5.41, 5.74) is 1.42. The molecule has 1 heterocycles. The third-order valence-corrected chi connectivity index (χ3v) is 5.04. The molecule has 0 spiro atoms. The van der Waals surface area contributed by atoms with Crippen LogP contribution in [-0.4, -0.2) is 31.9 Å². The number of para-hydroxylation sites is 2. The second-order valence-electron chi connectivity index (χ2n) is 7.41. The predicted molar refractivity (Wildman–Crippen MR) is 119 cm³/mol. The van der Waals surface area contributed by atoms with E-state index in [0.717, 1.165) is 12.1 Å². The van der Waals surface area contributed by atoms with Gasteiger partial charge in [0.05, 0.1) is 11.0 Å². The number of imidazole rings is 1. The average Bonchev–Trinajstić information content (AvgIpc) is 3.21. The van der Waals surface area contributed by atoms with Gasteiger partial charge in [0.1, 0.15) is 28.8 Å². The van der Waals surface area contributed by atoms with E-state index < -0.39 is 29.1 Å². The number of aliphatic carboxylic acids is 1. The Balaban J connectivity index is 1.86. The van der Waals surface area contributed by atoms with Crippen molar-refractivity contribution in [1.29, 1.82) is 0 Å². The number of hydrogen-bond acceptors (Lipinski definition) is 4. The average molecular weight is 448 g/mol. The number of nitrogens with one attached hydrogen (secondary N) is 1. The molecule has 0 amide bonds. The van der Waals surface area contributed by atoms with E-state index in [9.17, 15) is 23.5 Å². The Morgan fingerprint density at radius 3 is 2.30 bits per heavy atom. The number of H-pyrrole nitrogens is 1. The van der Waals surface area contributed by atoms with Crippen LogP contribution in [0.5, 0.6) is 0 Å². The van der Waals surface area contributed by atoms with Crippen molar-refractivity contribution >= 4 is 34.1 Å². The molecule has 0 radical (unpaired) electrons. The fraction of sp³-hybridized carbons (Fsp3) is 0.0800. The van der Waals surface area contributed by atoms with Crippen molar-refractivity contribution in [2.24, 2.45) is 0 Å². The molecular formula is C25H18F2N2O4. The number of aliphatic hydroxyl groups excluding tert-OH is 1. The molecule has 0 aliphatic carbocycles. The van der Waals surface area contributed by atoms with Crippen LogP contribution in [0.3, 0.4) is 0 Å². The van der Waals surface area contributed by atoms with Crippen molar-refractivity contribution in [3.8, 4) is 0 Å². The van der Waals surface area contributed by atoms with E-state index in [1.165, 1.54) is 12.1 Å². The second kappa shape index (κ2) is 9.04. The Kier molecular flexibility index (Phi) is 5.99. The Hall–Kier alpha value is -4.33. The molecule has 0 saturated carbocycles. The van der Waals surface area contributed by atoms with E-state index >= 15 is 0 Å². The Labute approximate surface area is 186 Å². The van der Waals surface area contributed by atoms with Gasteiger partial charge in [0, 0.05) is 23.6 Å². The monoisotopic (exact) mass is 448 g/mol. The van der Waals surface area contributed by atoms with Gasteiger partial charge in [0.2, 0.25) is 5.78 Å². The van der Waals surface area contributed by atoms with Gasteiger partial charge in [-0.2, -0.15) is 0 Å². The van der Waals surface area contributed by atoms with E-state index in [2.05, 4.69) is 9.97 Å². The molecule has 1 aromatic heterocycles. The smallest absolute Gasteiger partial charge is 0.303 e. The minimum Gasteiger partial charge on any atom is -0.506 e. The van der Waals surface area contributed by atoms with E-state index in [-0.39, 0.29) is 35.4 Å². The number of aromatic amines is 1. The highest BCUT2D eigenvalue weighted by Gasteiger charge is 2.24. The normalized spacial score (nSPS) is 11.9. The molecule has 0 saturated heterocycles.